The number of carbonyl (C=O) groups is 1. The molecule has 1 aromatic carbocycles. The van der Waals surface area contributed by atoms with Crippen molar-refractivity contribution in [2.45, 2.75) is 12.8 Å². The Kier molecular flexibility index (Phi) is 4.29. The molecule has 0 radical (unpaired) electrons. The number of hydrogen-bond acceptors (Lipinski definition) is 4. The van der Waals surface area contributed by atoms with Crippen LogP contribution in [0.4, 0.5) is 5.69 Å². The van der Waals surface area contributed by atoms with E-state index in [0.717, 1.165) is 45.0 Å². The molecule has 2 fully saturated rings. The highest BCUT2D eigenvalue weighted by Gasteiger charge is 2.23. The topological polar surface area (TPSA) is 47.0 Å². The number of anilines is 1. The summed E-state index contributed by atoms with van der Waals surface area (Å²) in [5, 5.41) is 9.33. The van der Waals surface area contributed by atoms with Crippen LogP contribution in [0.15, 0.2) is 24.3 Å². The van der Waals surface area contributed by atoms with Gasteiger partial charge in [-0.15, -0.1) is 0 Å². The third kappa shape index (κ3) is 3.47. The van der Waals surface area contributed by atoms with E-state index in [4.69, 9.17) is 0 Å². The number of nitrogens with zero attached hydrogens (tertiary/aromatic N) is 3. The summed E-state index contributed by atoms with van der Waals surface area (Å²) in [6, 6.07) is 7.27. The maximum atomic E-state index is 12.3. The molecular formula is C16H23N3O2. The molecule has 0 spiro atoms. The van der Waals surface area contributed by atoms with Gasteiger partial charge in [0.05, 0.1) is 6.54 Å². The number of likely N-dealkylation sites (tertiary alicyclic amines) is 1. The van der Waals surface area contributed by atoms with Crippen molar-refractivity contribution in [2.75, 3.05) is 50.7 Å². The van der Waals surface area contributed by atoms with Crippen LogP contribution in [-0.2, 0) is 4.79 Å². The Bertz CT molecular complexity index is 475. The fraction of sp³-hybridized carbons (Fsp3) is 0.562. The first-order valence-corrected chi connectivity index (χ1v) is 7.76. The number of piperazine rings is 1. The highest BCUT2D eigenvalue weighted by Crippen LogP contribution is 2.20. The minimum Gasteiger partial charge on any atom is -0.508 e. The Labute approximate surface area is 125 Å². The Balaban J connectivity index is 1.50. The lowest BCUT2D eigenvalue weighted by Crippen LogP contribution is -2.51. The van der Waals surface area contributed by atoms with Crippen molar-refractivity contribution in [3.63, 3.8) is 0 Å². The zero-order chi connectivity index (χ0) is 14.7. The first-order valence-electron chi connectivity index (χ1n) is 7.76. The molecule has 2 saturated heterocycles. The molecule has 2 aliphatic rings. The van der Waals surface area contributed by atoms with Gasteiger partial charge >= 0.3 is 0 Å². The highest BCUT2D eigenvalue weighted by molar-refractivity contribution is 5.78. The molecule has 21 heavy (non-hydrogen) atoms. The molecular weight excluding hydrogens is 266 g/mol. The quantitative estimate of drug-likeness (QED) is 0.906. The summed E-state index contributed by atoms with van der Waals surface area (Å²) < 4.78 is 0. The Morgan fingerprint density at radius 3 is 2.19 bits per heavy atom. The van der Waals surface area contributed by atoms with Gasteiger partial charge in [-0.25, -0.2) is 0 Å². The summed E-state index contributed by atoms with van der Waals surface area (Å²) in [4.78, 5) is 18.8. The number of rotatable bonds is 3. The van der Waals surface area contributed by atoms with Gasteiger partial charge in [0.15, 0.2) is 0 Å². The van der Waals surface area contributed by atoms with Crippen molar-refractivity contribution in [3.05, 3.63) is 24.3 Å². The highest BCUT2D eigenvalue weighted by atomic mass is 16.3. The molecule has 3 rings (SSSR count). The molecule has 0 unspecified atom stereocenters. The first-order chi connectivity index (χ1) is 10.2. The molecule has 5 heteroatoms. The first kappa shape index (κ1) is 14.2. The Hall–Kier alpha value is -1.75. The van der Waals surface area contributed by atoms with E-state index in [1.54, 1.807) is 12.1 Å². The summed E-state index contributed by atoms with van der Waals surface area (Å²) >= 11 is 0. The van der Waals surface area contributed by atoms with E-state index in [2.05, 4.69) is 9.80 Å². The van der Waals surface area contributed by atoms with E-state index in [0.29, 0.717) is 6.54 Å². The van der Waals surface area contributed by atoms with E-state index >= 15 is 0 Å². The smallest absolute Gasteiger partial charge is 0.236 e. The summed E-state index contributed by atoms with van der Waals surface area (Å²) in [7, 11) is 0. The van der Waals surface area contributed by atoms with Gasteiger partial charge in [0.2, 0.25) is 5.91 Å². The maximum Gasteiger partial charge on any atom is 0.236 e. The molecule has 0 aromatic heterocycles. The predicted octanol–water partition coefficient (Wildman–Crippen LogP) is 1.14. The molecule has 0 atom stereocenters. The van der Waals surface area contributed by atoms with Crippen molar-refractivity contribution < 1.29 is 9.90 Å². The molecule has 1 N–H and O–H groups in total. The normalized spacial score (nSPS) is 20.0. The van der Waals surface area contributed by atoms with Crippen molar-refractivity contribution in [1.29, 1.82) is 0 Å². The van der Waals surface area contributed by atoms with Gasteiger partial charge in [0, 0.05) is 31.9 Å². The van der Waals surface area contributed by atoms with Crippen LogP contribution >= 0.6 is 0 Å². The van der Waals surface area contributed by atoms with Crippen molar-refractivity contribution in [3.8, 4) is 5.75 Å². The van der Waals surface area contributed by atoms with E-state index in [9.17, 15) is 9.90 Å². The van der Waals surface area contributed by atoms with Crippen LogP contribution in [0, 0.1) is 0 Å². The fourth-order valence-electron chi connectivity index (χ4n) is 3.11. The van der Waals surface area contributed by atoms with Gasteiger partial charge in [-0.1, -0.05) is 0 Å². The van der Waals surface area contributed by atoms with E-state index in [1.165, 1.54) is 12.8 Å². The van der Waals surface area contributed by atoms with Crippen LogP contribution < -0.4 is 4.90 Å². The van der Waals surface area contributed by atoms with Crippen LogP contribution in [0.5, 0.6) is 5.75 Å². The number of carbonyl (C=O) groups excluding carboxylic acids is 1. The average Bonchev–Trinajstić information content (AvgIpc) is 3.01. The van der Waals surface area contributed by atoms with Gasteiger partial charge in [-0.3, -0.25) is 9.69 Å². The van der Waals surface area contributed by atoms with E-state index < -0.39 is 0 Å². The molecule has 1 aromatic rings. The van der Waals surface area contributed by atoms with Crippen molar-refractivity contribution in [2.24, 2.45) is 0 Å². The minimum absolute atomic E-state index is 0.266. The van der Waals surface area contributed by atoms with E-state index in [-0.39, 0.29) is 11.7 Å². The largest absolute Gasteiger partial charge is 0.508 e. The third-order valence-electron chi connectivity index (χ3n) is 4.40. The lowest BCUT2D eigenvalue weighted by atomic mass is 10.2. The van der Waals surface area contributed by atoms with Gasteiger partial charge in [-0.05, 0) is 50.2 Å². The number of aromatic hydroxyl groups is 1. The third-order valence-corrected chi connectivity index (χ3v) is 4.40. The molecule has 1 amide bonds. The molecule has 2 aliphatic heterocycles. The number of amides is 1. The molecule has 2 heterocycles. The fourth-order valence-corrected chi connectivity index (χ4v) is 3.11. The number of phenolic OH excluding ortho intramolecular Hbond substituents is 1. The zero-order valence-corrected chi connectivity index (χ0v) is 12.4. The molecule has 0 saturated carbocycles. The Morgan fingerprint density at radius 1 is 0.952 bits per heavy atom. The van der Waals surface area contributed by atoms with E-state index in [1.807, 2.05) is 17.0 Å². The molecule has 5 nitrogen and oxygen atoms in total. The minimum atomic E-state index is 0.266. The second-order valence-corrected chi connectivity index (χ2v) is 5.87. The van der Waals surface area contributed by atoms with Crippen LogP contribution in [-0.4, -0.2) is 66.6 Å². The van der Waals surface area contributed by atoms with Crippen LogP contribution in [0.2, 0.25) is 0 Å². The number of benzene rings is 1. The Morgan fingerprint density at radius 2 is 1.57 bits per heavy atom. The maximum absolute atomic E-state index is 12.3. The van der Waals surface area contributed by atoms with Crippen LogP contribution in [0.1, 0.15) is 12.8 Å². The zero-order valence-electron chi connectivity index (χ0n) is 12.4. The molecule has 114 valence electrons. The average molecular weight is 289 g/mol. The van der Waals surface area contributed by atoms with Crippen LogP contribution in [0.3, 0.4) is 0 Å². The van der Waals surface area contributed by atoms with Gasteiger partial charge in [0.25, 0.3) is 0 Å². The molecule has 0 bridgehead atoms. The SMILES string of the molecule is O=C(CN1CCCC1)N1CCN(c2ccc(O)cc2)CC1. The molecule has 0 aliphatic carbocycles. The van der Waals surface area contributed by atoms with Crippen molar-refractivity contribution in [1.82, 2.24) is 9.80 Å². The summed E-state index contributed by atoms with van der Waals surface area (Å²) in [5.41, 5.74) is 1.11. The van der Waals surface area contributed by atoms with Crippen LogP contribution in [0.25, 0.3) is 0 Å². The number of phenols is 1. The monoisotopic (exact) mass is 289 g/mol. The lowest BCUT2D eigenvalue weighted by Gasteiger charge is -2.36. The standard InChI is InChI=1S/C16H23N3O2/c20-15-5-3-14(4-6-15)18-9-11-19(12-10-18)16(21)13-17-7-1-2-8-17/h3-6,20H,1-2,7-13H2. The number of hydrogen-bond donors (Lipinski definition) is 1. The summed E-state index contributed by atoms with van der Waals surface area (Å²) in [6.45, 7) is 6.01. The predicted molar refractivity (Wildman–Crippen MR) is 82.6 cm³/mol. The van der Waals surface area contributed by atoms with Gasteiger partial charge < -0.3 is 14.9 Å². The van der Waals surface area contributed by atoms with Gasteiger partial charge in [-0.2, -0.15) is 0 Å². The van der Waals surface area contributed by atoms with Crippen molar-refractivity contribution >= 4 is 11.6 Å². The second kappa shape index (κ2) is 6.35. The van der Waals surface area contributed by atoms with Gasteiger partial charge in [0.1, 0.15) is 5.75 Å². The summed E-state index contributed by atoms with van der Waals surface area (Å²) in [6.07, 6.45) is 2.45. The summed E-state index contributed by atoms with van der Waals surface area (Å²) in [5.74, 6) is 0.556. The lowest BCUT2D eigenvalue weighted by molar-refractivity contribution is -0.132. The second-order valence-electron chi connectivity index (χ2n) is 5.87.